The molecule has 0 unspecified atom stereocenters. The average molecular weight is 251 g/mol. The van der Waals surface area contributed by atoms with E-state index in [2.05, 4.69) is 4.98 Å². The number of rotatable bonds is 2. The van der Waals surface area contributed by atoms with E-state index in [0.717, 1.165) is 0 Å². The molecular weight excluding hydrogens is 244 g/mol. The monoisotopic (exact) mass is 249 g/mol. The summed E-state index contributed by atoms with van der Waals surface area (Å²) in [7, 11) is 0. The molecule has 1 aromatic heterocycles. The summed E-state index contributed by atoms with van der Waals surface area (Å²) in [6.07, 6.45) is 5.44. The first-order chi connectivity index (χ1) is 6.49. The van der Waals surface area contributed by atoms with Gasteiger partial charge in [-0.15, -0.1) is 0 Å². The molecule has 0 saturated carbocycles. The van der Waals surface area contributed by atoms with Crippen LogP contribution >= 0.6 is 34.8 Å². The molecule has 5 heteroatoms. The molecule has 0 atom stereocenters. The minimum atomic E-state index is -1.54. The van der Waals surface area contributed by atoms with Crippen molar-refractivity contribution in [3.63, 3.8) is 0 Å². The largest absolute Gasteiger partial charge is 0.289 e. The Hall–Kier alpha value is -0.570. The summed E-state index contributed by atoms with van der Waals surface area (Å²) < 4.78 is -1.54. The highest BCUT2D eigenvalue weighted by molar-refractivity contribution is 6.69. The van der Waals surface area contributed by atoms with E-state index in [1.807, 2.05) is 0 Å². The summed E-state index contributed by atoms with van der Waals surface area (Å²) in [6.45, 7) is 0. The molecule has 14 heavy (non-hydrogen) atoms. The lowest BCUT2D eigenvalue weighted by molar-refractivity contribution is 0.104. The molecular formula is C9H6Cl3NO. The van der Waals surface area contributed by atoms with Gasteiger partial charge in [0.25, 0.3) is 0 Å². The number of ketones is 1. The van der Waals surface area contributed by atoms with Gasteiger partial charge >= 0.3 is 0 Å². The average Bonchev–Trinajstić information content (AvgIpc) is 2.14. The molecule has 0 aliphatic rings. The molecule has 0 radical (unpaired) electrons. The van der Waals surface area contributed by atoms with E-state index in [1.54, 1.807) is 18.3 Å². The number of allylic oxidation sites excluding steroid dienone is 2. The van der Waals surface area contributed by atoms with Crippen LogP contribution in [-0.2, 0) is 0 Å². The van der Waals surface area contributed by atoms with Crippen molar-refractivity contribution in [2.45, 2.75) is 3.79 Å². The van der Waals surface area contributed by atoms with Gasteiger partial charge in [0.15, 0.2) is 5.78 Å². The fraction of sp³-hybridized carbons (Fsp3) is 0.111. The number of carbonyl (C=O) groups is 1. The van der Waals surface area contributed by atoms with Gasteiger partial charge in [-0.2, -0.15) is 0 Å². The van der Waals surface area contributed by atoms with Crippen LogP contribution in [0.5, 0.6) is 0 Å². The van der Waals surface area contributed by atoms with E-state index in [9.17, 15) is 4.79 Å². The molecule has 1 aromatic rings. The summed E-state index contributed by atoms with van der Waals surface area (Å²) in [4.78, 5) is 15.2. The van der Waals surface area contributed by atoms with Crippen molar-refractivity contribution >= 4 is 40.6 Å². The summed E-state index contributed by atoms with van der Waals surface area (Å²) >= 11 is 16.3. The first-order valence-corrected chi connectivity index (χ1v) is 4.83. The van der Waals surface area contributed by atoms with Crippen LogP contribution in [0, 0.1) is 0 Å². The van der Waals surface area contributed by atoms with Crippen LogP contribution in [0.1, 0.15) is 10.4 Å². The minimum absolute atomic E-state index is 0.246. The Morgan fingerprint density at radius 3 is 2.64 bits per heavy atom. The van der Waals surface area contributed by atoms with E-state index in [4.69, 9.17) is 34.8 Å². The van der Waals surface area contributed by atoms with Gasteiger partial charge in [-0.25, -0.2) is 0 Å². The number of halogens is 3. The Morgan fingerprint density at radius 1 is 1.43 bits per heavy atom. The molecule has 2 nitrogen and oxygen atoms in total. The topological polar surface area (TPSA) is 30.0 Å². The second-order valence-electron chi connectivity index (χ2n) is 2.48. The molecule has 0 aromatic carbocycles. The number of alkyl halides is 3. The Balaban J connectivity index is 2.74. The second kappa shape index (κ2) is 4.78. The first-order valence-electron chi connectivity index (χ1n) is 3.69. The van der Waals surface area contributed by atoms with Gasteiger partial charge in [0.2, 0.25) is 3.79 Å². The number of nitrogens with zero attached hydrogens (tertiary/aromatic N) is 1. The van der Waals surface area contributed by atoms with Gasteiger partial charge in [-0.3, -0.25) is 9.78 Å². The highest BCUT2D eigenvalue weighted by Crippen LogP contribution is 2.27. The number of hydrogen-bond donors (Lipinski definition) is 0. The van der Waals surface area contributed by atoms with Crippen LogP contribution < -0.4 is 0 Å². The maximum absolute atomic E-state index is 11.4. The van der Waals surface area contributed by atoms with E-state index in [1.165, 1.54) is 18.3 Å². The number of hydrogen-bond acceptors (Lipinski definition) is 2. The molecule has 0 spiro atoms. The summed E-state index contributed by atoms with van der Waals surface area (Å²) in [5.41, 5.74) is 0.456. The highest BCUT2D eigenvalue weighted by Gasteiger charge is 2.14. The molecule has 0 saturated heterocycles. The van der Waals surface area contributed by atoms with Crippen LogP contribution in [0.2, 0.25) is 0 Å². The van der Waals surface area contributed by atoms with Gasteiger partial charge in [0, 0.05) is 18.0 Å². The zero-order chi connectivity index (χ0) is 10.6. The molecule has 0 bridgehead atoms. The lowest BCUT2D eigenvalue weighted by Crippen LogP contribution is -1.99. The van der Waals surface area contributed by atoms with Crippen LogP contribution in [0.15, 0.2) is 36.7 Å². The van der Waals surface area contributed by atoms with Crippen LogP contribution in [0.25, 0.3) is 0 Å². The van der Waals surface area contributed by atoms with Crippen molar-refractivity contribution in [3.05, 3.63) is 42.2 Å². The Labute approximate surface area is 96.5 Å². The Morgan fingerprint density at radius 2 is 2.14 bits per heavy atom. The zero-order valence-corrected chi connectivity index (χ0v) is 9.22. The maximum Gasteiger partial charge on any atom is 0.209 e. The van der Waals surface area contributed by atoms with Crippen molar-refractivity contribution < 1.29 is 4.79 Å². The zero-order valence-electron chi connectivity index (χ0n) is 6.95. The summed E-state index contributed by atoms with van der Waals surface area (Å²) in [6, 6.07) is 3.30. The number of pyridine rings is 1. The van der Waals surface area contributed by atoms with Crippen molar-refractivity contribution in [2.24, 2.45) is 0 Å². The quantitative estimate of drug-likeness (QED) is 0.458. The normalized spacial score (nSPS) is 11.9. The van der Waals surface area contributed by atoms with Gasteiger partial charge in [-0.1, -0.05) is 34.8 Å². The molecule has 74 valence electrons. The highest BCUT2D eigenvalue weighted by atomic mass is 35.6. The van der Waals surface area contributed by atoms with Crippen molar-refractivity contribution in [1.29, 1.82) is 0 Å². The number of carbonyl (C=O) groups excluding carboxylic acids is 1. The third kappa shape index (κ3) is 4.09. The van der Waals surface area contributed by atoms with E-state index in [-0.39, 0.29) is 5.78 Å². The van der Waals surface area contributed by atoms with Gasteiger partial charge in [0.1, 0.15) is 0 Å². The third-order valence-corrected chi connectivity index (χ3v) is 1.75. The maximum atomic E-state index is 11.4. The molecule has 0 N–H and O–H groups in total. The third-order valence-electron chi connectivity index (χ3n) is 1.37. The van der Waals surface area contributed by atoms with E-state index in [0.29, 0.717) is 5.56 Å². The van der Waals surface area contributed by atoms with E-state index < -0.39 is 3.79 Å². The SMILES string of the molecule is O=C(C=CC(Cl)(Cl)Cl)c1cccnc1. The van der Waals surface area contributed by atoms with Crippen LogP contribution in [0.3, 0.4) is 0 Å². The second-order valence-corrected chi connectivity index (χ2v) is 4.85. The smallest absolute Gasteiger partial charge is 0.209 e. The van der Waals surface area contributed by atoms with E-state index >= 15 is 0 Å². The first kappa shape index (κ1) is 11.5. The van der Waals surface area contributed by atoms with Crippen molar-refractivity contribution in [1.82, 2.24) is 4.98 Å². The molecule has 0 aliphatic carbocycles. The van der Waals surface area contributed by atoms with Crippen LogP contribution in [-0.4, -0.2) is 14.6 Å². The Bertz CT molecular complexity index is 343. The fourth-order valence-electron chi connectivity index (χ4n) is 0.775. The van der Waals surface area contributed by atoms with Crippen molar-refractivity contribution in [3.8, 4) is 0 Å². The standard InChI is InChI=1S/C9H6Cl3NO/c10-9(11,12)4-3-8(14)7-2-1-5-13-6-7/h1-6H. The summed E-state index contributed by atoms with van der Waals surface area (Å²) in [5.74, 6) is -0.246. The van der Waals surface area contributed by atoms with Gasteiger partial charge in [-0.05, 0) is 24.3 Å². The predicted octanol–water partition coefficient (Wildman–Crippen LogP) is 3.19. The fourth-order valence-corrected chi connectivity index (χ4v) is 0.964. The molecule has 0 amide bonds. The van der Waals surface area contributed by atoms with Gasteiger partial charge < -0.3 is 0 Å². The molecule has 0 aliphatic heterocycles. The summed E-state index contributed by atoms with van der Waals surface area (Å²) in [5, 5.41) is 0. The molecule has 1 heterocycles. The van der Waals surface area contributed by atoms with Crippen molar-refractivity contribution in [2.75, 3.05) is 0 Å². The van der Waals surface area contributed by atoms with Gasteiger partial charge in [0.05, 0.1) is 0 Å². The minimum Gasteiger partial charge on any atom is -0.289 e. The van der Waals surface area contributed by atoms with Crippen LogP contribution in [0.4, 0.5) is 0 Å². The Kier molecular flexibility index (Phi) is 3.93. The predicted molar refractivity (Wildman–Crippen MR) is 58.0 cm³/mol. The lowest BCUT2D eigenvalue weighted by atomic mass is 10.2. The lowest BCUT2D eigenvalue weighted by Gasteiger charge is -2.01. The number of aromatic nitrogens is 1. The molecule has 1 rings (SSSR count). The molecule has 0 fully saturated rings.